The van der Waals surface area contributed by atoms with Crippen LogP contribution in [-0.2, 0) is 12.6 Å². The molecule has 0 aliphatic rings. The molecule has 1 aromatic carbocycles. The average Bonchev–Trinajstić information content (AvgIpc) is 2.37. The molecule has 0 fully saturated rings. The van der Waals surface area contributed by atoms with E-state index in [0.29, 0.717) is 11.3 Å². The quantitative estimate of drug-likeness (QED) is 0.945. The Morgan fingerprint density at radius 3 is 2.57 bits per heavy atom. The molecule has 4 nitrogen and oxygen atoms in total. The highest BCUT2D eigenvalue weighted by molar-refractivity contribution is 5.85. The summed E-state index contributed by atoms with van der Waals surface area (Å²) in [6, 6.07) is 6.10. The summed E-state index contributed by atoms with van der Waals surface area (Å²) in [5.74, 6) is -1.03. The highest BCUT2D eigenvalue weighted by Gasteiger charge is 2.30. The maximum Gasteiger partial charge on any atom is 0.416 e. The van der Waals surface area contributed by atoms with Gasteiger partial charge in [0.15, 0.2) is 5.69 Å². The first-order valence-electron chi connectivity index (χ1n) is 5.99. The van der Waals surface area contributed by atoms with Gasteiger partial charge in [0.05, 0.1) is 5.56 Å². The summed E-state index contributed by atoms with van der Waals surface area (Å²) in [6.07, 6.45) is -4.39. The van der Waals surface area contributed by atoms with Crippen LogP contribution in [0, 0.1) is 6.92 Å². The average molecular weight is 296 g/mol. The van der Waals surface area contributed by atoms with E-state index >= 15 is 0 Å². The lowest BCUT2D eigenvalue weighted by Gasteiger charge is -2.09. The van der Waals surface area contributed by atoms with Crippen molar-refractivity contribution in [1.82, 2.24) is 9.97 Å². The van der Waals surface area contributed by atoms with Gasteiger partial charge in [0.25, 0.3) is 0 Å². The first-order valence-corrected chi connectivity index (χ1v) is 5.99. The van der Waals surface area contributed by atoms with Crippen LogP contribution in [0.25, 0.3) is 0 Å². The second-order valence-electron chi connectivity index (χ2n) is 4.49. The van der Waals surface area contributed by atoms with Crippen LogP contribution in [0.15, 0.2) is 30.3 Å². The van der Waals surface area contributed by atoms with Crippen LogP contribution in [0.2, 0.25) is 0 Å². The number of halogens is 3. The number of aromatic nitrogens is 2. The van der Waals surface area contributed by atoms with Crippen molar-refractivity contribution in [3.8, 4) is 0 Å². The largest absolute Gasteiger partial charge is 0.477 e. The van der Waals surface area contributed by atoms with Gasteiger partial charge >= 0.3 is 12.1 Å². The van der Waals surface area contributed by atoms with E-state index in [4.69, 9.17) is 5.11 Å². The van der Waals surface area contributed by atoms with Crippen LogP contribution >= 0.6 is 0 Å². The van der Waals surface area contributed by atoms with E-state index in [1.807, 2.05) is 0 Å². The molecule has 0 saturated carbocycles. The molecule has 1 aromatic heterocycles. The summed E-state index contributed by atoms with van der Waals surface area (Å²) in [7, 11) is 0. The van der Waals surface area contributed by atoms with Crippen molar-refractivity contribution < 1.29 is 23.1 Å². The van der Waals surface area contributed by atoms with Crippen molar-refractivity contribution in [3.63, 3.8) is 0 Å². The summed E-state index contributed by atoms with van der Waals surface area (Å²) in [5.41, 5.74) is -0.119. The van der Waals surface area contributed by atoms with Gasteiger partial charge in [-0.05, 0) is 24.6 Å². The minimum Gasteiger partial charge on any atom is -0.477 e. The van der Waals surface area contributed by atoms with Gasteiger partial charge in [-0.25, -0.2) is 14.8 Å². The van der Waals surface area contributed by atoms with Gasteiger partial charge < -0.3 is 5.11 Å². The lowest BCUT2D eigenvalue weighted by Crippen LogP contribution is -2.08. The Morgan fingerprint density at radius 1 is 1.24 bits per heavy atom. The van der Waals surface area contributed by atoms with Crippen LogP contribution in [-0.4, -0.2) is 21.0 Å². The second kappa shape index (κ2) is 5.51. The zero-order valence-electron chi connectivity index (χ0n) is 11.0. The Kier molecular flexibility index (Phi) is 3.93. The number of nitrogens with zero attached hydrogens (tertiary/aromatic N) is 2. The topological polar surface area (TPSA) is 63.1 Å². The van der Waals surface area contributed by atoms with Crippen LogP contribution < -0.4 is 0 Å². The number of carbonyl (C=O) groups is 1. The van der Waals surface area contributed by atoms with Crippen molar-refractivity contribution >= 4 is 5.97 Å². The number of carboxylic acid groups (broad SMARTS) is 1. The van der Waals surface area contributed by atoms with Gasteiger partial charge in [-0.15, -0.1) is 0 Å². The molecule has 0 atom stereocenters. The molecule has 1 N–H and O–H groups in total. The molecule has 2 aromatic rings. The first-order chi connectivity index (χ1) is 9.75. The van der Waals surface area contributed by atoms with E-state index in [1.54, 1.807) is 6.92 Å². The highest BCUT2D eigenvalue weighted by atomic mass is 19.4. The fourth-order valence-electron chi connectivity index (χ4n) is 1.86. The number of carboxylic acids is 1. The Balaban J connectivity index is 2.32. The van der Waals surface area contributed by atoms with E-state index < -0.39 is 17.7 Å². The van der Waals surface area contributed by atoms with Crippen molar-refractivity contribution in [1.29, 1.82) is 0 Å². The number of aryl methyl sites for hydroxylation is 1. The van der Waals surface area contributed by atoms with E-state index in [-0.39, 0.29) is 17.9 Å². The summed E-state index contributed by atoms with van der Waals surface area (Å²) in [5, 5.41) is 8.91. The molecule has 0 aliphatic carbocycles. The second-order valence-corrected chi connectivity index (χ2v) is 4.49. The van der Waals surface area contributed by atoms with Gasteiger partial charge in [-0.3, -0.25) is 0 Å². The minimum absolute atomic E-state index is 0.0336. The Bertz CT molecular complexity index is 684. The van der Waals surface area contributed by atoms with Gasteiger partial charge in [-0.2, -0.15) is 13.2 Å². The van der Waals surface area contributed by atoms with Gasteiger partial charge in [0.1, 0.15) is 5.82 Å². The smallest absolute Gasteiger partial charge is 0.416 e. The summed E-state index contributed by atoms with van der Waals surface area (Å²) in [6.45, 7) is 1.60. The van der Waals surface area contributed by atoms with Crippen LogP contribution in [0.1, 0.15) is 33.1 Å². The minimum atomic E-state index is -4.42. The molecule has 21 heavy (non-hydrogen) atoms. The van der Waals surface area contributed by atoms with Crippen LogP contribution in [0.4, 0.5) is 13.2 Å². The third kappa shape index (κ3) is 3.77. The summed E-state index contributed by atoms with van der Waals surface area (Å²) < 4.78 is 37.9. The lowest BCUT2D eigenvalue weighted by atomic mass is 10.1. The van der Waals surface area contributed by atoms with E-state index in [2.05, 4.69) is 9.97 Å². The lowest BCUT2D eigenvalue weighted by molar-refractivity contribution is -0.137. The fourth-order valence-corrected chi connectivity index (χ4v) is 1.86. The summed E-state index contributed by atoms with van der Waals surface area (Å²) >= 11 is 0. The molecule has 0 bridgehead atoms. The maximum atomic E-state index is 12.6. The SMILES string of the molecule is Cc1cc(C(=O)O)nc(Cc2cccc(C(F)(F)F)c2)n1. The number of hydrogen-bond donors (Lipinski definition) is 1. The molecule has 0 radical (unpaired) electrons. The predicted octanol–water partition coefficient (Wildman–Crippen LogP) is 3.09. The molecule has 0 spiro atoms. The van der Waals surface area contributed by atoms with Crippen LogP contribution in [0.5, 0.6) is 0 Å². The molecule has 0 aliphatic heterocycles. The number of benzene rings is 1. The molecular formula is C14H11F3N2O2. The zero-order chi connectivity index (χ0) is 15.6. The standard InChI is InChI=1S/C14H11F3N2O2/c1-8-5-11(13(20)21)19-12(18-8)7-9-3-2-4-10(6-9)14(15,16)17/h2-6H,7H2,1H3,(H,20,21). The number of rotatable bonds is 3. The Morgan fingerprint density at radius 2 is 1.95 bits per heavy atom. The zero-order valence-corrected chi connectivity index (χ0v) is 11.0. The number of hydrogen-bond acceptors (Lipinski definition) is 3. The predicted molar refractivity (Wildman–Crippen MR) is 68.0 cm³/mol. The number of alkyl halides is 3. The fraction of sp³-hybridized carbons (Fsp3) is 0.214. The van der Waals surface area contributed by atoms with E-state index in [1.165, 1.54) is 18.2 Å². The van der Waals surface area contributed by atoms with E-state index in [9.17, 15) is 18.0 Å². The normalized spacial score (nSPS) is 11.4. The van der Waals surface area contributed by atoms with E-state index in [0.717, 1.165) is 12.1 Å². The summed E-state index contributed by atoms with van der Waals surface area (Å²) in [4.78, 5) is 18.8. The maximum absolute atomic E-state index is 12.6. The molecular weight excluding hydrogens is 285 g/mol. The first kappa shape index (κ1) is 15.0. The van der Waals surface area contributed by atoms with Crippen LogP contribution in [0.3, 0.4) is 0 Å². The van der Waals surface area contributed by atoms with Crippen molar-refractivity contribution in [2.75, 3.05) is 0 Å². The number of aromatic carboxylic acids is 1. The van der Waals surface area contributed by atoms with Crippen molar-refractivity contribution in [2.24, 2.45) is 0 Å². The van der Waals surface area contributed by atoms with Crippen molar-refractivity contribution in [3.05, 3.63) is 58.7 Å². The molecule has 0 saturated heterocycles. The third-order valence-electron chi connectivity index (χ3n) is 2.74. The van der Waals surface area contributed by atoms with Gasteiger partial charge in [0.2, 0.25) is 0 Å². The highest BCUT2D eigenvalue weighted by Crippen LogP contribution is 2.29. The molecule has 7 heteroatoms. The Labute approximate surface area is 118 Å². The molecule has 0 unspecified atom stereocenters. The molecule has 0 amide bonds. The Hall–Kier alpha value is -2.44. The molecule has 2 rings (SSSR count). The monoisotopic (exact) mass is 296 g/mol. The van der Waals surface area contributed by atoms with Gasteiger partial charge in [0, 0.05) is 12.1 Å². The van der Waals surface area contributed by atoms with Crippen molar-refractivity contribution in [2.45, 2.75) is 19.5 Å². The molecule has 110 valence electrons. The molecule has 1 heterocycles. The third-order valence-corrected chi connectivity index (χ3v) is 2.74. The van der Waals surface area contributed by atoms with Gasteiger partial charge in [-0.1, -0.05) is 18.2 Å².